The van der Waals surface area contributed by atoms with Crippen LogP contribution in [0, 0.1) is 11.8 Å². The molecular weight excluding hydrogens is 925 g/mol. The van der Waals surface area contributed by atoms with Gasteiger partial charge in [-0.3, -0.25) is 19.2 Å². The number of hydrogen-bond donors (Lipinski definition) is 0. The number of rotatable bonds is 36. The number of ketones is 2. The third-order valence-corrected chi connectivity index (χ3v) is 15.7. The molecule has 1 saturated carbocycles. The standard InChI is InChI=1S/C15H28O.C13H22O2.C13H24O2.2C12H22O2/c1-3-4-5-6-7-8-9-10-11-15-13-12-14(2)16-15;1-3-4-5-6-12-11(9-10(2)14)7-8-13(12)15;1-2-3-4-5-6-7-8-9-12-10-11-13(14)15-12;1-2-3-4-5-6-8-11-9-7-10-12(13)14-11;1-2-3-4-5-6-7-8-11-9-10-12(13)14-11/h15H,2-13H2,1H3;11-12H,3-9H2,1-2H3;12H,2-11H2,1H3;2*11H,2-10H2,1H3. The van der Waals surface area contributed by atoms with E-state index in [1.165, 1.54) is 193 Å². The van der Waals surface area contributed by atoms with Crippen molar-refractivity contribution in [2.24, 2.45) is 11.8 Å². The van der Waals surface area contributed by atoms with E-state index in [-0.39, 0.29) is 47.9 Å². The fourth-order valence-corrected chi connectivity index (χ4v) is 11.0. The van der Waals surface area contributed by atoms with Crippen LogP contribution in [-0.4, -0.2) is 53.9 Å². The third kappa shape index (κ3) is 39.6. The van der Waals surface area contributed by atoms with Gasteiger partial charge in [0.25, 0.3) is 0 Å². The van der Waals surface area contributed by atoms with Crippen molar-refractivity contribution in [1.29, 1.82) is 0 Å². The molecule has 74 heavy (non-hydrogen) atoms. The molecule has 6 atom stereocenters. The molecule has 0 aromatic carbocycles. The largest absolute Gasteiger partial charge is 0.495 e. The van der Waals surface area contributed by atoms with Gasteiger partial charge in [-0.2, -0.15) is 0 Å². The van der Waals surface area contributed by atoms with Crippen molar-refractivity contribution in [3.05, 3.63) is 12.3 Å². The summed E-state index contributed by atoms with van der Waals surface area (Å²) in [5.41, 5.74) is 0. The second-order valence-electron chi connectivity index (χ2n) is 22.8. The smallest absolute Gasteiger partial charge is 0.306 e. The number of ether oxygens (including phenoxy) is 4. The van der Waals surface area contributed by atoms with Gasteiger partial charge in [-0.1, -0.05) is 202 Å². The van der Waals surface area contributed by atoms with E-state index in [9.17, 15) is 24.0 Å². The lowest BCUT2D eigenvalue weighted by Gasteiger charge is -2.21. The van der Waals surface area contributed by atoms with Gasteiger partial charge in [0, 0.05) is 44.4 Å². The van der Waals surface area contributed by atoms with Crippen molar-refractivity contribution in [2.45, 2.75) is 361 Å². The number of Topliss-reactive ketones (excluding diaryl/α,β-unsaturated/α-hetero) is 2. The summed E-state index contributed by atoms with van der Waals surface area (Å²) >= 11 is 0. The van der Waals surface area contributed by atoms with Gasteiger partial charge in [-0.15, -0.1) is 0 Å². The molecule has 0 radical (unpaired) electrons. The molecule has 4 heterocycles. The van der Waals surface area contributed by atoms with Crippen molar-refractivity contribution in [3.8, 4) is 0 Å². The molecule has 4 saturated heterocycles. The summed E-state index contributed by atoms with van der Waals surface area (Å²) in [6.45, 7) is 16.6. The number of carbonyl (C=O) groups excluding carboxylic acids is 5. The van der Waals surface area contributed by atoms with Crippen molar-refractivity contribution in [2.75, 3.05) is 0 Å². The van der Waals surface area contributed by atoms with Crippen LogP contribution in [0.25, 0.3) is 0 Å². The zero-order chi connectivity index (χ0) is 54.3. The first-order valence-electron chi connectivity index (χ1n) is 31.9. The molecule has 1 aliphatic carbocycles. The van der Waals surface area contributed by atoms with Gasteiger partial charge in [0.2, 0.25) is 0 Å². The van der Waals surface area contributed by atoms with Gasteiger partial charge in [0.1, 0.15) is 29.9 Å². The topological polar surface area (TPSA) is 122 Å². The van der Waals surface area contributed by atoms with Crippen LogP contribution in [0.2, 0.25) is 0 Å². The number of esters is 3. The average molecular weight is 1040 g/mol. The zero-order valence-corrected chi connectivity index (χ0v) is 49.4. The van der Waals surface area contributed by atoms with Gasteiger partial charge < -0.3 is 23.7 Å². The van der Waals surface area contributed by atoms with Crippen molar-refractivity contribution < 1.29 is 42.9 Å². The van der Waals surface area contributed by atoms with Crippen LogP contribution >= 0.6 is 0 Å². The second-order valence-corrected chi connectivity index (χ2v) is 22.8. The number of hydrogen-bond acceptors (Lipinski definition) is 9. The first-order chi connectivity index (χ1) is 35.9. The van der Waals surface area contributed by atoms with E-state index >= 15 is 0 Å². The van der Waals surface area contributed by atoms with E-state index in [0.717, 1.165) is 76.4 Å². The Kier molecular flexibility index (Phi) is 45.6. The molecule has 0 bridgehead atoms. The fraction of sp³-hybridized carbons (Fsp3) is 0.892. The lowest BCUT2D eigenvalue weighted by Crippen LogP contribution is -2.23. The van der Waals surface area contributed by atoms with Crippen LogP contribution in [0.5, 0.6) is 0 Å². The van der Waals surface area contributed by atoms with Crippen molar-refractivity contribution in [1.82, 2.24) is 0 Å². The van der Waals surface area contributed by atoms with Gasteiger partial charge in [0.15, 0.2) is 0 Å². The summed E-state index contributed by atoms with van der Waals surface area (Å²) in [6, 6.07) is 0. The van der Waals surface area contributed by atoms with E-state index in [1.54, 1.807) is 6.92 Å². The molecule has 0 aromatic rings. The first kappa shape index (κ1) is 69.3. The highest BCUT2D eigenvalue weighted by atomic mass is 16.6. The molecule has 4 aliphatic heterocycles. The molecule has 5 rings (SSSR count). The van der Waals surface area contributed by atoms with Crippen LogP contribution in [0.3, 0.4) is 0 Å². The zero-order valence-electron chi connectivity index (χ0n) is 49.4. The highest BCUT2D eigenvalue weighted by molar-refractivity contribution is 5.85. The van der Waals surface area contributed by atoms with Crippen molar-refractivity contribution >= 4 is 29.5 Å². The molecule has 6 unspecified atom stereocenters. The maximum absolute atomic E-state index is 11.6. The average Bonchev–Trinajstić information content (AvgIpc) is 4.20. The van der Waals surface area contributed by atoms with E-state index in [4.69, 9.17) is 18.9 Å². The Bertz CT molecular complexity index is 1410. The quantitative estimate of drug-likeness (QED) is 0.0343. The molecule has 0 spiro atoms. The molecule has 9 heteroatoms. The van der Waals surface area contributed by atoms with Crippen LogP contribution < -0.4 is 0 Å². The minimum atomic E-state index is 0.000910. The number of carbonyl (C=O) groups is 5. The normalized spacial score (nSPS) is 21.9. The lowest BCUT2D eigenvalue weighted by molar-refractivity contribution is -0.154. The Hall–Kier alpha value is -2.71. The number of cyclic esters (lactones) is 3. The first-order valence-corrected chi connectivity index (χ1v) is 31.9. The fourth-order valence-electron chi connectivity index (χ4n) is 11.0. The number of allylic oxidation sites excluding steroid dienone is 1. The highest BCUT2D eigenvalue weighted by Crippen LogP contribution is 2.35. The lowest BCUT2D eigenvalue weighted by atomic mass is 9.87. The molecule has 0 amide bonds. The van der Waals surface area contributed by atoms with Gasteiger partial charge in [-0.05, 0) is 109 Å². The van der Waals surface area contributed by atoms with Gasteiger partial charge in [0.05, 0.1) is 11.9 Å². The van der Waals surface area contributed by atoms with Crippen molar-refractivity contribution in [3.63, 3.8) is 0 Å². The van der Waals surface area contributed by atoms with E-state index in [1.807, 2.05) is 0 Å². The maximum atomic E-state index is 11.6. The minimum absolute atomic E-state index is 0.000910. The van der Waals surface area contributed by atoms with Crippen LogP contribution in [0.1, 0.15) is 337 Å². The van der Waals surface area contributed by atoms with Crippen LogP contribution in [0.15, 0.2) is 12.3 Å². The van der Waals surface area contributed by atoms with Gasteiger partial charge in [-0.25, -0.2) is 0 Å². The monoisotopic (exact) mass is 1040 g/mol. The van der Waals surface area contributed by atoms with E-state index in [0.29, 0.717) is 49.9 Å². The molecule has 0 aromatic heterocycles. The molecular formula is C65H118O9. The predicted molar refractivity (Wildman–Crippen MR) is 307 cm³/mol. The molecule has 432 valence electrons. The Labute approximate surface area is 456 Å². The molecule has 0 N–H and O–H groups in total. The Morgan fingerprint density at radius 2 is 0.716 bits per heavy atom. The van der Waals surface area contributed by atoms with Crippen LogP contribution in [-0.2, 0) is 42.9 Å². The molecule has 5 fully saturated rings. The molecule has 9 nitrogen and oxygen atoms in total. The van der Waals surface area contributed by atoms with Crippen LogP contribution in [0.4, 0.5) is 0 Å². The summed E-state index contributed by atoms with van der Waals surface area (Å²) < 4.78 is 21.2. The van der Waals surface area contributed by atoms with Gasteiger partial charge >= 0.3 is 17.9 Å². The second kappa shape index (κ2) is 48.6. The Morgan fingerprint density at radius 1 is 0.392 bits per heavy atom. The highest BCUT2D eigenvalue weighted by Gasteiger charge is 2.34. The SMILES string of the molecule is C=C1CCC(CCCCCCCCCC)O1.CCCCCC1C(=O)CCC1CC(C)=O.CCCCCCCC1CCCC(=O)O1.CCCCCCCCC1CCC(=O)O1.CCCCCCCCCC1CCC(=O)O1. The summed E-state index contributed by atoms with van der Waals surface area (Å²) in [5.74, 6) is 2.20. The predicted octanol–water partition coefficient (Wildman–Crippen LogP) is 19.1. The van der Waals surface area contributed by atoms with E-state index in [2.05, 4.69) is 41.2 Å². The Morgan fingerprint density at radius 3 is 1.07 bits per heavy atom. The Balaban J connectivity index is 0.000000463. The van der Waals surface area contributed by atoms with E-state index < -0.39 is 0 Å². The third-order valence-electron chi connectivity index (χ3n) is 15.7. The molecule has 5 aliphatic rings. The summed E-state index contributed by atoms with van der Waals surface area (Å²) in [7, 11) is 0. The number of unbranched alkanes of at least 4 members (excludes halogenated alkanes) is 24. The summed E-state index contributed by atoms with van der Waals surface area (Å²) in [6.07, 6.45) is 55.6. The minimum Gasteiger partial charge on any atom is -0.495 e. The summed E-state index contributed by atoms with van der Waals surface area (Å²) in [4.78, 5) is 55.3. The summed E-state index contributed by atoms with van der Waals surface area (Å²) in [5, 5.41) is 0. The maximum Gasteiger partial charge on any atom is 0.306 e.